The summed E-state index contributed by atoms with van der Waals surface area (Å²) in [5, 5.41) is 0. The molecule has 3 fully saturated rings. The van der Waals surface area contributed by atoms with Crippen molar-refractivity contribution in [1.82, 2.24) is 0 Å². The van der Waals surface area contributed by atoms with Crippen molar-refractivity contribution in [3.05, 3.63) is 0 Å². The van der Waals surface area contributed by atoms with Crippen LogP contribution < -0.4 is 0 Å². The Morgan fingerprint density at radius 3 is 1.61 bits per heavy atom. The maximum Gasteiger partial charge on any atom is 0.0627 e. The Labute approximate surface area is 146 Å². The molecule has 2 heteroatoms. The first-order valence-electron chi connectivity index (χ1n) is 10.2. The molecule has 0 aliphatic heterocycles. The lowest BCUT2D eigenvalue weighted by molar-refractivity contribution is 0.0209. The van der Waals surface area contributed by atoms with Gasteiger partial charge in [0.05, 0.1) is 12.2 Å². The lowest BCUT2D eigenvalue weighted by Crippen LogP contribution is -2.26. The first-order valence-corrected chi connectivity index (χ1v) is 10.2. The topological polar surface area (TPSA) is 18.5 Å². The number of fused-ring (bicyclic) bond motifs is 2. The number of rotatable bonds is 2. The second kappa shape index (κ2) is 13.2. The van der Waals surface area contributed by atoms with E-state index in [1.807, 2.05) is 41.9 Å². The molecule has 0 aromatic rings. The van der Waals surface area contributed by atoms with Crippen LogP contribution in [0.4, 0.5) is 0 Å². The Morgan fingerprint density at radius 1 is 0.696 bits per heavy atom. The fraction of sp³-hybridized carbons (Fsp3) is 1.00. The standard InChI is InChI=1S/C9H16O.C8H16O.2C2H6/c1-6-7-3-4-8(5-7)9(6)10-2;1-7-5-3-4-6-8(7)9-2;2*1-2/h6-9H,3-5H2,1-2H3;7-8H,3-6H2,1-2H3;2*1-2H3. The predicted molar refractivity (Wildman–Crippen MR) is 102 cm³/mol. The summed E-state index contributed by atoms with van der Waals surface area (Å²) in [4.78, 5) is 0. The Morgan fingerprint density at radius 2 is 1.26 bits per heavy atom. The number of methoxy groups -OCH3 is 2. The molecule has 23 heavy (non-hydrogen) atoms. The van der Waals surface area contributed by atoms with Crippen LogP contribution in [-0.2, 0) is 9.47 Å². The smallest absolute Gasteiger partial charge is 0.0627 e. The molecule has 0 aromatic heterocycles. The summed E-state index contributed by atoms with van der Waals surface area (Å²) in [6, 6.07) is 0. The van der Waals surface area contributed by atoms with Crippen LogP contribution in [0.1, 0.15) is 86.5 Å². The highest BCUT2D eigenvalue weighted by Gasteiger charge is 2.45. The van der Waals surface area contributed by atoms with Crippen LogP contribution in [0.5, 0.6) is 0 Å². The minimum Gasteiger partial charge on any atom is -0.381 e. The summed E-state index contributed by atoms with van der Waals surface area (Å²) in [5.74, 6) is 3.53. The maximum atomic E-state index is 5.46. The van der Waals surface area contributed by atoms with Crippen molar-refractivity contribution in [3.8, 4) is 0 Å². The highest BCUT2D eigenvalue weighted by molar-refractivity contribution is 4.95. The van der Waals surface area contributed by atoms with Gasteiger partial charge >= 0.3 is 0 Å². The molecule has 0 heterocycles. The Balaban J connectivity index is 0.000000349. The van der Waals surface area contributed by atoms with Gasteiger partial charge in [0.15, 0.2) is 0 Å². The van der Waals surface area contributed by atoms with E-state index in [0.29, 0.717) is 12.2 Å². The molecule has 0 N–H and O–H groups in total. The van der Waals surface area contributed by atoms with Crippen LogP contribution in [-0.4, -0.2) is 26.4 Å². The second-order valence-corrected chi connectivity index (χ2v) is 6.93. The van der Waals surface area contributed by atoms with Gasteiger partial charge in [-0.2, -0.15) is 0 Å². The molecule has 6 atom stereocenters. The summed E-state index contributed by atoms with van der Waals surface area (Å²) < 4.78 is 10.8. The lowest BCUT2D eigenvalue weighted by Gasteiger charge is -2.26. The van der Waals surface area contributed by atoms with Crippen molar-refractivity contribution in [2.75, 3.05) is 14.2 Å². The fourth-order valence-corrected chi connectivity index (χ4v) is 4.57. The van der Waals surface area contributed by atoms with Gasteiger partial charge in [0.25, 0.3) is 0 Å². The normalized spacial score (nSPS) is 37.6. The quantitative estimate of drug-likeness (QED) is 0.589. The van der Waals surface area contributed by atoms with Crippen LogP contribution in [0, 0.1) is 23.7 Å². The molecule has 2 bridgehead atoms. The van der Waals surface area contributed by atoms with E-state index in [1.165, 1.54) is 44.9 Å². The van der Waals surface area contributed by atoms with Gasteiger partial charge in [0, 0.05) is 14.2 Å². The zero-order valence-electron chi connectivity index (χ0n) is 17.2. The zero-order chi connectivity index (χ0) is 17.8. The lowest BCUT2D eigenvalue weighted by atomic mass is 9.88. The Hall–Kier alpha value is -0.0800. The largest absolute Gasteiger partial charge is 0.381 e. The fourth-order valence-electron chi connectivity index (χ4n) is 4.57. The minimum absolute atomic E-state index is 0.554. The molecule has 0 amide bonds. The van der Waals surface area contributed by atoms with Gasteiger partial charge in [-0.25, -0.2) is 0 Å². The van der Waals surface area contributed by atoms with Crippen LogP contribution in [0.15, 0.2) is 0 Å². The van der Waals surface area contributed by atoms with Crippen molar-refractivity contribution < 1.29 is 9.47 Å². The molecule has 3 aliphatic rings. The highest BCUT2D eigenvalue weighted by atomic mass is 16.5. The molecular formula is C21H44O2. The third kappa shape index (κ3) is 6.74. The van der Waals surface area contributed by atoms with E-state index in [-0.39, 0.29) is 0 Å². The van der Waals surface area contributed by atoms with Gasteiger partial charge < -0.3 is 9.47 Å². The molecule has 0 saturated heterocycles. The third-order valence-electron chi connectivity index (χ3n) is 5.85. The average Bonchev–Trinajstić information content (AvgIpc) is 3.20. The summed E-state index contributed by atoms with van der Waals surface area (Å²) in [6.07, 6.45) is 10.9. The second-order valence-electron chi connectivity index (χ2n) is 6.93. The van der Waals surface area contributed by atoms with Crippen molar-refractivity contribution >= 4 is 0 Å². The van der Waals surface area contributed by atoms with Gasteiger partial charge in [0.2, 0.25) is 0 Å². The molecular weight excluding hydrogens is 284 g/mol. The van der Waals surface area contributed by atoms with E-state index in [2.05, 4.69) is 13.8 Å². The SMILES string of the molecule is CC.CC.COC1C2CCC(C2)C1C.COC1CCCCC1C. The minimum atomic E-state index is 0.554. The van der Waals surface area contributed by atoms with Gasteiger partial charge in [-0.3, -0.25) is 0 Å². The summed E-state index contributed by atoms with van der Waals surface area (Å²) in [6.45, 7) is 12.6. The maximum absolute atomic E-state index is 5.46. The van der Waals surface area contributed by atoms with E-state index < -0.39 is 0 Å². The van der Waals surface area contributed by atoms with Crippen molar-refractivity contribution in [1.29, 1.82) is 0 Å². The van der Waals surface area contributed by atoms with E-state index in [9.17, 15) is 0 Å². The highest BCUT2D eigenvalue weighted by Crippen LogP contribution is 2.49. The van der Waals surface area contributed by atoms with E-state index in [4.69, 9.17) is 9.47 Å². The molecule has 0 spiro atoms. The van der Waals surface area contributed by atoms with E-state index in [1.54, 1.807) is 0 Å². The summed E-state index contributed by atoms with van der Waals surface area (Å²) >= 11 is 0. The van der Waals surface area contributed by atoms with Crippen molar-refractivity contribution in [3.63, 3.8) is 0 Å². The Bertz CT molecular complexity index is 265. The first-order chi connectivity index (χ1) is 11.2. The zero-order valence-corrected chi connectivity index (χ0v) is 17.2. The number of ether oxygens (including phenoxy) is 2. The number of hydrogen-bond acceptors (Lipinski definition) is 2. The Kier molecular flexibility index (Phi) is 13.2. The molecule has 3 saturated carbocycles. The van der Waals surface area contributed by atoms with Gasteiger partial charge in [-0.15, -0.1) is 0 Å². The summed E-state index contributed by atoms with van der Waals surface area (Å²) in [5.41, 5.74) is 0. The summed E-state index contributed by atoms with van der Waals surface area (Å²) in [7, 11) is 3.69. The molecule has 0 radical (unpaired) electrons. The molecule has 6 unspecified atom stereocenters. The van der Waals surface area contributed by atoms with Crippen LogP contribution in [0.25, 0.3) is 0 Å². The molecule has 2 nitrogen and oxygen atoms in total. The van der Waals surface area contributed by atoms with Crippen molar-refractivity contribution in [2.45, 2.75) is 98.7 Å². The van der Waals surface area contributed by atoms with E-state index >= 15 is 0 Å². The van der Waals surface area contributed by atoms with Crippen LogP contribution >= 0.6 is 0 Å². The number of hydrogen-bond donors (Lipinski definition) is 0. The molecule has 3 aliphatic carbocycles. The predicted octanol–water partition coefficient (Wildman–Crippen LogP) is 6.33. The van der Waals surface area contributed by atoms with Gasteiger partial charge in [0.1, 0.15) is 0 Å². The third-order valence-corrected chi connectivity index (χ3v) is 5.85. The molecule has 3 rings (SSSR count). The molecule has 140 valence electrons. The average molecular weight is 329 g/mol. The van der Waals surface area contributed by atoms with Gasteiger partial charge in [-0.05, 0) is 55.8 Å². The molecule has 0 aromatic carbocycles. The monoisotopic (exact) mass is 328 g/mol. The first kappa shape index (κ1) is 22.9. The van der Waals surface area contributed by atoms with E-state index in [0.717, 1.165) is 23.7 Å². The van der Waals surface area contributed by atoms with Crippen LogP contribution in [0.2, 0.25) is 0 Å². The van der Waals surface area contributed by atoms with Crippen LogP contribution in [0.3, 0.4) is 0 Å². The van der Waals surface area contributed by atoms with Crippen molar-refractivity contribution in [2.24, 2.45) is 23.7 Å². The van der Waals surface area contributed by atoms with Gasteiger partial charge in [-0.1, -0.05) is 54.4 Å².